The monoisotopic (exact) mass is 195 g/mol. The Morgan fingerprint density at radius 1 is 0.786 bits per heavy atom. The van der Waals surface area contributed by atoms with E-state index in [1.54, 1.807) is 19.3 Å². The van der Waals surface area contributed by atoms with Gasteiger partial charge in [-0.05, 0) is 50.0 Å². The van der Waals surface area contributed by atoms with E-state index in [1.807, 2.05) is 0 Å². The van der Waals surface area contributed by atoms with E-state index in [2.05, 4.69) is 0 Å². The summed E-state index contributed by atoms with van der Waals surface area (Å²) in [6.45, 7) is 0.881. The van der Waals surface area contributed by atoms with Gasteiger partial charge in [0, 0.05) is 0 Å². The van der Waals surface area contributed by atoms with Gasteiger partial charge >= 0.3 is 0 Å². The van der Waals surface area contributed by atoms with E-state index in [4.69, 9.17) is 5.73 Å². The summed E-state index contributed by atoms with van der Waals surface area (Å²) in [5, 5.41) is 0. The molecule has 82 valence electrons. The average molecular weight is 195 g/mol. The molecular weight excluding hydrogens is 170 g/mol. The largest absolute Gasteiger partial charge is 0.330 e. The van der Waals surface area contributed by atoms with Gasteiger partial charge in [0.25, 0.3) is 0 Å². The molecule has 0 aromatic carbocycles. The molecule has 2 N–H and O–H groups in total. The lowest BCUT2D eigenvalue weighted by molar-refractivity contribution is 0.425. The van der Waals surface area contributed by atoms with E-state index < -0.39 is 0 Å². The van der Waals surface area contributed by atoms with Gasteiger partial charge < -0.3 is 5.73 Å². The smallest absolute Gasteiger partial charge is 0.00773 e. The topological polar surface area (TPSA) is 26.0 Å². The lowest BCUT2D eigenvalue weighted by Crippen LogP contribution is -1.98. The molecule has 0 spiro atoms. The Kier molecular flexibility index (Phi) is 3.86. The summed E-state index contributed by atoms with van der Waals surface area (Å²) < 4.78 is 0. The molecule has 0 aromatic rings. The highest BCUT2D eigenvalue weighted by molar-refractivity contribution is 4.95. The molecule has 0 aliphatic heterocycles. The van der Waals surface area contributed by atoms with Crippen molar-refractivity contribution in [3.05, 3.63) is 0 Å². The van der Waals surface area contributed by atoms with Crippen molar-refractivity contribution in [2.24, 2.45) is 23.5 Å². The Morgan fingerprint density at radius 2 is 1.43 bits per heavy atom. The van der Waals surface area contributed by atoms with Crippen LogP contribution in [-0.2, 0) is 0 Å². The van der Waals surface area contributed by atoms with Crippen molar-refractivity contribution in [2.45, 2.75) is 57.8 Å². The van der Waals surface area contributed by atoms with Crippen LogP contribution in [0.5, 0.6) is 0 Å². The van der Waals surface area contributed by atoms with Gasteiger partial charge in [0.15, 0.2) is 0 Å². The third-order valence-electron chi connectivity index (χ3n) is 4.16. The van der Waals surface area contributed by atoms with Crippen LogP contribution in [0.15, 0.2) is 0 Å². The number of fused-ring (bicyclic) bond motifs is 1. The third-order valence-corrected chi connectivity index (χ3v) is 4.16. The van der Waals surface area contributed by atoms with Crippen LogP contribution in [0.25, 0.3) is 0 Å². The van der Waals surface area contributed by atoms with Gasteiger partial charge in [0.05, 0.1) is 0 Å². The standard InChI is InChI=1S/C13H25N/c14-7-5-3-1-2-4-6-11-8-12-10-13(12)9-11/h11-13H,1-10,14H2. The van der Waals surface area contributed by atoms with E-state index in [-0.39, 0.29) is 0 Å². The Bertz CT molecular complexity index is 157. The minimum absolute atomic E-state index is 0.881. The summed E-state index contributed by atoms with van der Waals surface area (Å²) in [6, 6.07) is 0. The Balaban J connectivity index is 1.40. The van der Waals surface area contributed by atoms with Crippen LogP contribution in [0.1, 0.15) is 57.8 Å². The number of hydrogen-bond donors (Lipinski definition) is 1. The summed E-state index contributed by atoms with van der Waals surface area (Å²) in [5.41, 5.74) is 5.46. The van der Waals surface area contributed by atoms with Gasteiger partial charge in [-0.25, -0.2) is 0 Å². The Morgan fingerprint density at radius 3 is 2.14 bits per heavy atom. The molecule has 0 radical (unpaired) electrons. The molecular formula is C13H25N. The molecule has 2 unspecified atom stereocenters. The van der Waals surface area contributed by atoms with Crippen molar-refractivity contribution >= 4 is 0 Å². The maximum atomic E-state index is 5.46. The maximum Gasteiger partial charge on any atom is -0.00773 e. The first-order valence-electron chi connectivity index (χ1n) is 6.60. The molecule has 1 nitrogen and oxygen atoms in total. The van der Waals surface area contributed by atoms with E-state index >= 15 is 0 Å². The molecule has 2 atom stereocenters. The fourth-order valence-electron chi connectivity index (χ4n) is 3.18. The quantitative estimate of drug-likeness (QED) is 0.620. The van der Waals surface area contributed by atoms with E-state index in [9.17, 15) is 0 Å². The zero-order valence-electron chi connectivity index (χ0n) is 9.38. The van der Waals surface area contributed by atoms with Gasteiger partial charge in [-0.1, -0.05) is 32.1 Å². The predicted molar refractivity (Wildman–Crippen MR) is 61.1 cm³/mol. The van der Waals surface area contributed by atoms with Crippen molar-refractivity contribution < 1.29 is 0 Å². The van der Waals surface area contributed by atoms with Gasteiger partial charge in [-0.15, -0.1) is 0 Å². The molecule has 0 heterocycles. The summed E-state index contributed by atoms with van der Waals surface area (Å²) in [6.07, 6.45) is 13.2. The minimum atomic E-state index is 0.881. The van der Waals surface area contributed by atoms with Crippen molar-refractivity contribution in [3.63, 3.8) is 0 Å². The molecule has 2 fully saturated rings. The van der Waals surface area contributed by atoms with E-state index in [0.717, 1.165) is 12.5 Å². The lowest BCUT2D eigenvalue weighted by Gasteiger charge is -2.10. The molecule has 2 aliphatic rings. The van der Waals surface area contributed by atoms with E-state index in [1.165, 1.54) is 50.4 Å². The van der Waals surface area contributed by atoms with Crippen LogP contribution in [0, 0.1) is 17.8 Å². The fourth-order valence-corrected chi connectivity index (χ4v) is 3.18. The van der Waals surface area contributed by atoms with Gasteiger partial charge in [-0.3, -0.25) is 0 Å². The predicted octanol–water partition coefficient (Wildman–Crippen LogP) is 3.33. The fraction of sp³-hybridized carbons (Fsp3) is 1.00. The molecule has 2 rings (SSSR count). The summed E-state index contributed by atoms with van der Waals surface area (Å²) in [7, 11) is 0. The summed E-state index contributed by atoms with van der Waals surface area (Å²) >= 11 is 0. The van der Waals surface area contributed by atoms with Gasteiger partial charge in [0.1, 0.15) is 0 Å². The van der Waals surface area contributed by atoms with Crippen molar-refractivity contribution in [1.82, 2.24) is 0 Å². The Labute approximate surface area is 88.4 Å². The zero-order valence-corrected chi connectivity index (χ0v) is 9.38. The third kappa shape index (κ3) is 2.98. The number of hydrogen-bond acceptors (Lipinski definition) is 1. The second kappa shape index (κ2) is 5.16. The summed E-state index contributed by atoms with van der Waals surface area (Å²) in [4.78, 5) is 0. The van der Waals surface area contributed by atoms with Crippen LogP contribution in [0.4, 0.5) is 0 Å². The highest BCUT2D eigenvalue weighted by atomic mass is 14.5. The lowest BCUT2D eigenvalue weighted by atomic mass is 9.96. The maximum absolute atomic E-state index is 5.46. The molecule has 0 aromatic heterocycles. The van der Waals surface area contributed by atoms with Crippen LogP contribution < -0.4 is 5.73 Å². The second-order valence-corrected chi connectivity index (χ2v) is 5.44. The first-order chi connectivity index (χ1) is 6.90. The molecule has 1 heteroatoms. The second-order valence-electron chi connectivity index (χ2n) is 5.44. The van der Waals surface area contributed by atoms with Crippen LogP contribution >= 0.6 is 0 Å². The van der Waals surface area contributed by atoms with Crippen molar-refractivity contribution in [2.75, 3.05) is 6.54 Å². The number of nitrogens with two attached hydrogens (primary N) is 1. The summed E-state index contributed by atoms with van der Waals surface area (Å²) in [5.74, 6) is 3.47. The van der Waals surface area contributed by atoms with Crippen molar-refractivity contribution in [3.8, 4) is 0 Å². The van der Waals surface area contributed by atoms with Crippen LogP contribution in [-0.4, -0.2) is 6.54 Å². The highest BCUT2D eigenvalue weighted by Crippen LogP contribution is 2.55. The minimum Gasteiger partial charge on any atom is -0.330 e. The Hall–Kier alpha value is -0.0400. The normalized spacial score (nSPS) is 34.5. The van der Waals surface area contributed by atoms with Crippen LogP contribution in [0.3, 0.4) is 0 Å². The molecule has 2 aliphatic carbocycles. The average Bonchev–Trinajstić information content (AvgIpc) is 2.80. The zero-order chi connectivity index (χ0) is 9.80. The SMILES string of the molecule is NCCCCCCCC1CC2CC2C1. The molecule has 14 heavy (non-hydrogen) atoms. The van der Waals surface area contributed by atoms with Crippen LogP contribution in [0.2, 0.25) is 0 Å². The highest BCUT2D eigenvalue weighted by Gasteiger charge is 2.45. The van der Waals surface area contributed by atoms with E-state index in [0.29, 0.717) is 0 Å². The van der Waals surface area contributed by atoms with Gasteiger partial charge in [0.2, 0.25) is 0 Å². The molecule has 0 bridgehead atoms. The molecule has 0 saturated heterocycles. The van der Waals surface area contributed by atoms with Gasteiger partial charge in [-0.2, -0.15) is 0 Å². The number of unbranched alkanes of at least 4 members (excludes halogenated alkanes) is 4. The number of rotatable bonds is 7. The first kappa shape index (κ1) is 10.5. The molecule has 2 saturated carbocycles. The first-order valence-corrected chi connectivity index (χ1v) is 6.60. The molecule has 0 amide bonds. The van der Waals surface area contributed by atoms with Crippen molar-refractivity contribution in [1.29, 1.82) is 0 Å².